The Bertz CT molecular complexity index is 4290. The summed E-state index contributed by atoms with van der Waals surface area (Å²) >= 11 is 0. The van der Waals surface area contributed by atoms with E-state index in [4.69, 9.17) is 18.9 Å². The Hall–Kier alpha value is -10.1. The minimum absolute atomic E-state index is 0. The van der Waals surface area contributed by atoms with Crippen LogP contribution in [0.4, 0.5) is 4.39 Å². The van der Waals surface area contributed by atoms with Crippen LogP contribution in [0.1, 0.15) is 125 Å². The Labute approximate surface area is 665 Å². The number of nitrogens with one attached hydrogen (secondary N) is 6. The van der Waals surface area contributed by atoms with Gasteiger partial charge in [0.2, 0.25) is 53.2 Å². The Balaban J connectivity index is 0.0000149. The Morgan fingerprint density at radius 3 is 2.16 bits per heavy atom. The molecule has 2 saturated heterocycles. The Kier molecular flexibility index (Phi) is 31.4. The van der Waals surface area contributed by atoms with Gasteiger partial charge in [0, 0.05) is 107 Å². The predicted octanol–water partition coefficient (Wildman–Crippen LogP) is 4.43. The van der Waals surface area contributed by atoms with Crippen molar-refractivity contribution in [2.45, 2.75) is 191 Å². The molecule has 2 fully saturated rings. The van der Waals surface area contributed by atoms with Crippen molar-refractivity contribution in [2.75, 3.05) is 87.5 Å². The average Bonchev–Trinajstić information content (AvgIpc) is 1.62. The molecule has 0 saturated carbocycles. The quantitative estimate of drug-likeness (QED) is 0.0311. The zero-order valence-electron chi connectivity index (χ0n) is 66.8. The van der Waals surface area contributed by atoms with E-state index >= 15 is 33.2 Å². The Morgan fingerprint density at radius 2 is 1.42 bits per heavy atom. The summed E-state index contributed by atoms with van der Waals surface area (Å²) in [6, 6.07) is 16.0. The molecular formula is C85H112FN11O17. The summed E-state index contributed by atoms with van der Waals surface area (Å²) in [5, 5.41) is 28.6. The standard InChI is InChI=1S/C84H108FN11O17.CH3/c1-53-78(104)88-66(27-24-63(98)32-39-111-41-42-112-40-38-96(4,5)6)79(105)89-67-45-58-14-10-15-59(43-58)49-86-74(102)52-113-71-31-37-94-77(71)81(107)91-76(54(2)97)80(106)90-68(44-56-21-25-64(110-7)26-22-56)83(109)95-36-12-33-84(95,3)72(100)16-11-13-55-17-19-57(20-18-55)50-93(75(103)30-29-73(101)87-53)35-9-8-34-92-51-61(46-60(82(94)108)47-70(67)99)65-48-62(85)23-28-69(65)92;/h8-10,14-15,17-23,25-26,28,43,48,51,53-54,60,66-68,71,76-77,97H,11-13,16,24,27,29-42,44-47,49-50,52H2,1-7H3,(H5-,86,87,88,89,90,91,101,102,104,105,106,107);1H3/q;-1/p+1/b9-8+;/t53-,54+,60+,66+,67-,68-,71-,76-,77-,84-;/m0./s1. The smallest absolute Gasteiger partial charge is 0.246 e. The van der Waals surface area contributed by atoms with Gasteiger partial charge >= 0.3 is 0 Å². The number of aryl methyl sites for hydroxylation is 1. The van der Waals surface area contributed by atoms with Crippen molar-refractivity contribution in [3.05, 3.63) is 156 Å². The third-order valence-corrected chi connectivity index (χ3v) is 21.8. The number of halogens is 1. The number of carbonyl (C=O) groups excluding carboxylic acids is 12. The van der Waals surface area contributed by atoms with Crippen molar-refractivity contribution < 1.29 is 90.5 Å². The van der Waals surface area contributed by atoms with Gasteiger partial charge in [0.05, 0.1) is 78.5 Å². The van der Waals surface area contributed by atoms with Gasteiger partial charge in [-0.2, -0.15) is 0 Å². The second kappa shape index (κ2) is 40.8. The first-order valence-corrected chi connectivity index (χ1v) is 39.2. The van der Waals surface area contributed by atoms with E-state index in [2.05, 4.69) is 31.9 Å². The molecule has 7 heterocycles. The van der Waals surface area contributed by atoms with Crippen LogP contribution in [0.25, 0.3) is 10.9 Å². The maximum atomic E-state index is 16.3. The molecule has 7 N–H and O–H groups in total. The first kappa shape index (κ1) is 87.9. The van der Waals surface area contributed by atoms with Gasteiger partial charge in [0.1, 0.15) is 60.7 Å². The molecule has 12 bridgehead atoms. The lowest BCUT2D eigenvalue weighted by Crippen LogP contribution is -2.62. The van der Waals surface area contributed by atoms with E-state index in [1.807, 2.05) is 50.0 Å². The van der Waals surface area contributed by atoms with Crippen LogP contribution in [0, 0.1) is 19.2 Å². The largest absolute Gasteiger partial charge is 0.497 e. The van der Waals surface area contributed by atoms with Gasteiger partial charge in [-0.15, -0.1) is 0 Å². The van der Waals surface area contributed by atoms with E-state index in [-0.39, 0.29) is 136 Å². The van der Waals surface area contributed by atoms with Crippen LogP contribution in [0.3, 0.4) is 0 Å². The summed E-state index contributed by atoms with van der Waals surface area (Å²) in [7, 11) is 7.63. The highest BCUT2D eigenvalue weighted by Gasteiger charge is 2.49. The minimum atomic E-state index is -1.84. The summed E-state index contributed by atoms with van der Waals surface area (Å²) in [6.07, 6.45) is 1.41. The van der Waals surface area contributed by atoms with Crippen molar-refractivity contribution in [3.8, 4) is 5.75 Å². The number of ether oxygens (including phenoxy) is 4. The molecule has 6 aliphatic rings. The van der Waals surface area contributed by atoms with Gasteiger partial charge in [-0.1, -0.05) is 72.8 Å². The molecule has 28 nitrogen and oxygen atoms in total. The van der Waals surface area contributed by atoms with Gasteiger partial charge in [-0.25, -0.2) is 4.39 Å². The molecule has 11 rings (SSSR count). The van der Waals surface area contributed by atoms with Crippen molar-refractivity contribution in [1.29, 1.82) is 0 Å². The van der Waals surface area contributed by atoms with Crippen LogP contribution >= 0.6 is 0 Å². The fourth-order valence-corrected chi connectivity index (χ4v) is 15.2. The van der Waals surface area contributed by atoms with Crippen molar-refractivity contribution in [1.82, 2.24) is 51.2 Å². The fourth-order valence-electron chi connectivity index (χ4n) is 15.2. The molecular weight excluding hydrogens is 1470 g/mol. The van der Waals surface area contributed by atoms with E-state index in [1.165, 1.54) is 42.9 Å². The second-order valence-corrected chi connectivity index (χ2v) is 31.5. The Morgan fingerprint density at radius 1 is 0.702 bits per heavy atom. The van der Waals surface area contributed by atoms with E-state index in [9.17, 15) is 33.9 Å². The van der Waals surface area contributed by atoms with Crippen LogP contribution in [0.2, 0.25) is 0 Å². The third-order valence-electron chi connectivity index (χ3n) is 21.8. The number of amides is 9. The summed E-state index contributed by atoms with van der Waals surface area (Å²) in [4.78, 5) is 183. The number of carbonyl (C=O) groups is 12. The van der Waals surface area contributed by atoms with Crippen molar-refractivity contribution in [2.24, 2.45) is 5.92 Å². The number of allylic oxidation sites excluding steroid dienone is 1. The number of ketones is 3. The zero-order valence-corrected chi connectivity index (χ0v) is 66.8. The van der Waals surface area contributed by atoms with Crippen LogP contribution in [0.15, 0.2) is 109 Å². The number of rotatable bonds is 16. The van der Waals surface area contributed by atoms with E-state index in [1.54, 1.807) is 84.8 Å². The molecule has 0 radical (unpaired) electrons. The van der Waals surface area contributed by atoms with E-state index in [0.29, 0.717) is 82.3 Å². The molecule has 6 aliphatic heterocycles. The summed E-state index contributed by atoms with van der Waals surface area (Å²) in [5.74, 6) is -9.75. The lowest BCUT2D eigenvalue weighted by atomic mass is 9.88. The normalized spacial score (nSPS) is 24.7. The highest BCUT2D eigenvalue weighted by Crippen LogP contribution is 2.35. The molecule has 0 aliphatic carbocycles. The number of methoxy groups -OCH3 is 1. The van der Waals surface area contributed by atoms with Gasteiger partial charge in [-0.05, 0) is 136 Å². The summed E-state index contributed by atoms with van der Waals surface area (Å²) in [5.41, 5.74) is 2.85. The number of Topliss-reactive ketones (excluding diaryl/α,β-unsaturated/α-hetero) is 3. The molecule has 0 spiro atoms. The van der Waals surface area contributed by atoms with Gasteiger partial charge < -0.3 is 87.1 Å². The maximum absolute atomic E-state index is 16.3. The second-order valence-electron chi connectivity index (χ2n) is 31.5. The number of likely N-dealkylation sites (N-methyl/N-ethyl adjacent to an activating group) is 1. The number of aliphatic hydroxyl groups excluding tert-OH is 1. The van der Waals surface area contributed by atoms with Gasteiger partial charge in [0.15, 0.2) is 11.6 Å². The molecule has 9 amide bonds. The van der Waals surface area contributed by atoms with Gasteiger partial charge in [-0.3, -0.25) is 57.5 Å². The van der Waals surface area contributed by atoms with Gasteiger partial charge in [0.25, 0.3) is 0 Å². The highest BCUT2D eigenvalue weighted by atomic mass is 19.1. The lowest BCUT2D eigenvalue weighted by Gasteiger charge is -2.37. The molecule has 1 aromatic heterocycles. The summed E-state index contributed by atoms with van der Waals surface area (Å²) < 4.78 is 41.5. The molecule has 29 heteroatoms. The SMILES string of the molecule is COc1ccc(C[C@@H]2NC(=O)[C@H]([C@@H](C)O)NC(=O)[C@@H]3[C@@H]4CCN3C(=O)[C@H]3CC(=O)[C@H](Cc5cccc(c5)CNC(=O)CO4)NC(=O)[C@@H](CCC(=O)CCOCCOCC[N+](C)(C)C)NC(=O)[C@H](C)NC(=O)CCC(=O)N(C/C=C/Cn4cc(c5cc(F)ccc54)C3)Cc3ccc(cc3)CCCC(=O)[C@]3(C)CCCN3C2=O)cc1.[CH3-]. The van der Waals surface area contributed by atoms with Crippen molar-refractivity contribution >= 4 is 81.4 Å². The fraction of sp³-hybridized carbons (Fsp3) is 0.518. The lowest BCUT2D eigenvalue weighted by molar-refractivity contribution is -0.870. The molecule has 10 atom stereocenters. The number of quaternary nitrogens is 1. The molecule has 0 unspecified atom stereocenters. The molecule has 4 aromatic carbocycles. The average molecular weight is 1580 g/mol. The highest BCUT2D eigenvalue weighted by molar-refractivity contribution is 6.00. The molecule has 5 aromatic rings. The topological polar surface area (TPSA) is 349 Å². The number of nitrogens with zero attached hydrogens (tertiary/aromatic N) is 5. The number of benzene rings is 4. The van der Waals surface area contributed by atoms with E-state index < -0.39 is 138 Å². The molecule has 114 heavy (non-hydrogen) atoms. The zero-order chi connectivity index (χ0) is 81.1. The maximum Gasteiger partial charge on any atom is 0.246 e. The first-order chi connectivity index (χ1) is 54.0. The van der Waals surface area contributed by atoms with Crippen LogP contribution in [-0.2, 0) is 117 Å². The first-order valence-electron chi connectivity index (χ1n) is 39.2. The van der Waals surface area contributed by atoms with Crippen molar-refractivity contribution in [3.63, 3.8) is 0 Å². The predicted molar refractivity (Wildman–Crippen MR) is 422 cm³/mol. The number of aromatic nitrogens is 1. The number of fused-ring (bicyclic) bond motifs is 16. The van der Waals surface area contributed by atoms with Crippen LogP contribution in [0.5, 0.6) is 5.75 Å². The minimum Gasteiger partial charge on any atom is -0.497 e. The summed E-state index contributed by atoms with van der Waals surface area (Å²) in [6.45, 7) is 5.67. The van der Waals surface area contributed by atoms with Crippen LogP contribution in [-0.4, -0.2) is 241 Å². The number of aliphatic hydroxyl groups is 1. The number of hydrogen-bond donors (Lipinski definition) is 7. The third kappa shape index (κ3) is 24.0. The van der Waals surface area contributed by atoms with E-state index in [0.717, 1.165) is 17.7 Å². The van der Waals surface area contributed by atoms with Crippen LogP contribution < -0.4 is 36.6 Å². The number of hydrogen-bond acceptors (Lipinski definition) is 17. The molecule has 616 valence electrons. The monoisotopic (exact) mass is 1580 g/mol.